The molecule has 4 nitrogen and oxygen atoms in total. The molecule has 4 aromatic rings. The predicted octanol–water partition coefficient (Wildman–Crippen LogP) is 5.46. The maximum absolute atomic E-state index is 13.0. The van der Waals surface area contributed by atoms with E-state index in [0.29, 0.717) is 13.0 Å². The number of benzene rings is 2. The van der Waals surface area contributed by atoms with Gasteiger partial charge in [-0.25, -0.2) is 0 Å². The normalized spacial score (nSPS) is 12.1. The number of nitrogens with zero attached hydrogens (tertiary/aromatic N) is 2. The van der Waals surface area contributed by atoms with Gasteiger partial charge < -0.3 is 9.88 Å². The summed E-state index contributed by atoms with van der Waals surface area (Å²) in [6, 6.07) is 22.6. The molecule has 1 amide bonds. The molecular weight excluding hydrogens is 382 g/mol. The van der Waals surface area contributed by atoms with Crippen molar-refractivity contribution in [3.05, 3.63) is 102 Å². The van der Waals surface area contributed by atoms with Crippen molar-refractivity contribution in [1.82, 2.24) is 14.9 Å². The van der Waals surface area contributed by atoms with Crippen LogP contribution in [0.5, 0.6) is 0 Å². The molecule has 4 rings (SSSR count). The second-order valence-electron chi connectivity index (χ2n) is 7.80. The molecule has 1 N–H and O–H groups in total. The molecule has 0 aliphatic rings. The summed E-state index contributed by atoms with van der Waals surface area (Å²) in [4.78, 5) is 17.3. The van der Waals surface area contributed by atoms with E-state index in [2.05, 4.69) is 65.2 Å². The number of rotatable bonds is 8. The quantitative estimate of drug-likeness (QED) is 0.419. The van der Waals surface area contributed by atoms with Gasteiger partial charge in [0, 0.05) is 36.7 Å². The van der Waals surface area contributed by atoms with E-state index in [4.69, 9.17) is 0 Å². The Morgan fingerprint density at radius 1 is 1.00 bits per heavy atom. The van der Waals surface area contributed by atoms with Crippen molar-refractivity contribution in [2.75, 3.05) is 0 Å². The summed E-state index contributed by atoms with van der Waals surface area (Å²) in [5.41, 5.74) is 5.87. The topological polar surface area (TPSA) is 46.9 Å². The first-order valence-electron chi connectivity index (χ1n) is 11.0. The lowest BCUT2D eigenvalue weighted by Crippen LogP contribution is -2.25. The average Bonchev–Trinajstić information content (AvgIpc) is 3.21. The van der Waals surface area contributed by atoms with E-state index in [1.165, 1.54) is 22.0 Å². The highest BCUT2D eigenvalue weighted by molar-refractivity contribution is 5.89. The van der Waals surface area contributed by atoms with E-state index < -0.39 is 0 Å². The SMILES string of the molecule is CCc1cccc2c([C@@H](CC(=O)NCc3ccccn3)c3ccccc3)cn(CC)c12. The van der Waals surface area contributed by atoms with Gasteiger partial charge in [-0.2, -0.15) is 0 Å². The van der Waals surface area contributed by atoms with Crippen LogP contribution in [0.4, 0.5) is 0 Å². The van der Waals surface area contributed by atoms with Crippen molar-refractivity contribution in [2.45, 2.75) is 45.7 Å². The molecule has 2 aromatic heterocycles. The summed E-state index contributed by atoms with van der Waals surface area (Å²) in [5, 5.41) is 4.30. The van der Waals surface area contributed by atoms with Crippen LogP contribution >= 0.6 is 0 Å². The Hall–Kier alpha value is -3.40. The zero-order valence-electron chi connectivity index (χ0n) is 18.2. The molecule has 2 heterocycles. The van der Waals surface area contributed by atoms with Crippen molar-refractivity contribution in [1.29, 1.82) is 0 Å². The van der Waals surface area contributed by atoms with Gasteiger partial charge in [-0.15, -0.1) is 0 Å². The van der Waals surface area contributed by atoms with Gasteiger partial charge in [0.1, 0.15) is 0 Å². The second kappa shape index (κ2) is 9.61. The van der Waals surface area contributed by atoms with E-state index >= 15 is 0 Å². The van der Waals surface area contributed by atoms with E-state index in [9.17, 15) is 4.79 Å². The molecule has 0 saturated carbocycles. The van der Waals surface area contributed by atoms with Crippen LogP contribution in [0.1, 0.15) is 48.6 Å². The number of aryl methyl sites for hydroxylation is 2. The monoisotopic (exact) mass is 411 g/mol. The Morgan fingerprint density at radius 3 is 2.52 bits per heavy atom. The Kier molecular flexibility index (Phi) is 6.46. The van der Waals surface area contributed by atoms with Crippen LogP contribution in [0.2, 0.25) is 0 Å². The standard InChI is InChI=1S/C27H29N3O/c1-3-20-13-10-15-23-25(19-30(4-2)27(20)23)24(21-11-6-5-7-12-21)17-26(31)29-18-22-14-8-9-16-28-22/h5-16,19,24H,3-4,17-18H2,1-2H3,(H,29,31)/t24-/m0/s1. The molecule has 2 aromatic carbocycles. The van der Waals surface area contributed by atoms with E-state index in [1.807, 2.05) is 36.4 Å². The van der Waals surface area contributed by atoms with Gasteiger partial charge in [-0.05, 0) is 42.2 Å². The number of carbonyl (C=O) groups is 1. The number of pyridine rings is 1. The van der Waals surface area contributed by atoms with Crippen molar-refractivity contribution >= 4 is 16.8 Å². The Bertz CT molecular complexity index is 1150. The van der Waals surface area contributed by atoms with Crippen LogP contribution in [0.15, 0.2) is 79.1 Å². The molecule has 1 atom stereocenters. The largest absolute Gasteiger partial charge is 0.350 e. The first kappa shape index (κ1) is 20.9. The lowest BCUT2D eigenvalue weighted by molar-refractivity contribution is -0.121. The minimum absolute atomic E-state index is 0.00709. The molecule has 0 aliphatic carbocycles. The summed E-state index contributed by atoms with van der Waals surface area (Å²) in [6.07, 6.45) is 5.38. The molecule has 0 saturated heterocycles. The fourth-order valence-corrected chi connectivity index (χ4v) is 4.32. The number of nitrogens with one attached hydrogen (secondary N) is 1. The number of hydrogen-bond donors (Lipinski definition) is 1. The third-order valence-corrected chi connectivity index (χ3v) is 5.89. The fraction of sp³-hybridized carbons (Fsp3) is 0.259. The first-order valence-corrected chi connectivity index (χ1v) is 11.0. The minimum atomic E-state index is -0.00709. The minimum Gasteiger partial charge on any atom is -0.350 e. The Balaban J connectivity index is 1.69. The van der Waals surface area contributed by atoms with Gasteiger partial charge in [0.05, 0.1) is 17.8 Å². The molecule has 4 heteroatoms. The molecule has 158 valence electrons. The summed E-state index contributed by atoms with van der Waals surface area (Å²) >= 11 is 0. The highest BCUT2D eigenvalue weighted by Crippen LogP contribution is 2.36. The maximum Gasteiger partial charge on any atom is 0.221 e. The number of aromatic nitrogens is 2. The second-order valence-corrected chi connectivity index (χ2v) is 7.80. The van der Waals surface area contributed by atoms with Crippen LogP contribution in [-0.4, -0.2) is 15.5 Å². The number of fused-ring (bicyclic) bond motifs is 1. The zero-order chi connectivity index (χ0) is 21.6. The summed E-state index contributed by atoms with van der Waals surface area (Å²) in [6.45, 7) is 5.72. The molecule has 0 spiro atoms. The van der Waals surface area contributed by atoms with E-state index in [-0.39, 0.29) is 11.8 Å². The third kappa shape index (κ3) is 4.53. The first-order chi connectivity index (χ1) is 15.2. The molecule has 0 unspecified atom stereocenters. The van der Waals surface area contributed by atoms with Crippen molar-refractivity contribution in [3.63, 3.8) is 0 Å². The smallest absolute Gasteiger partial charge is 0.221 e. The van der Waals surface area contributed by atoms with E-state index in [0.717, 1.165) is 24.2 Å². The lowest BCUT2D eigenvalue weighted by atomic mass is 9.87. The zero-order valence-corrected chi connectivity index (χ0v) is 18.2. The fourth-order valence-electron chi connectivity index (χ4n) is 4.32. The van der Waals surface area contributed by atoms with Crippen LogP contribution in [0, 0.1) is 0 Å². The Labute approximate surface area is 183 Å². The lowest BCUT2D eigenvalue weighted by Gasteiger charge is -2.17. The van der Waals surface area contributed by atoms with Crippen LogP contribution in [0.3, 0.4) is 0 Å². The van der Waals surface area contributed by atoms with Gasteiger partial charge in [0.2, 0.25) is 5.91 Å². The Morgan fingerprint density at radius 2 is 1.81 bits per heavy atom. The van der Waals surface area contributed by atoms with Gasteiger partial charge in [0.15, 0.2) is 0 Å². The van der Waals surface area contributed by atoms with Gasteiger partial charge in [0.25, 0.3) is 0 Å². The summed E-state index contributed by atoms with van der Waals surface area (Å²) in [5.74, 6) is 0.0240. The third-order valence-electron chi connectivity index (χ3n) is 5.89. The van der Waals surface area contributed by atoms with Crippen LogP contribution < -0.4 is 5.32 Å². The molecule has 0 radical (unpaired) electrons. The highest BCUT2D eigenvalue weighted by Gasteiger charge is 2.23. The molecule has 31 heavy (non-hydrogen) atoms. The van der Waals surface area contributed by atoms with Gasteiger partial charge in [-0.3, -0.25) is 9.78 Å². The van der Waals surface area contributed by atoms with Crippen molar-refractivity contribution in [2.24, 2.45) is 0 Å². The van der Waals surface area contributed by atoms with Gasteiger partial charge >= 0.3 is 0 Å². The number of amides is 1. The van der Waals surface area contributed by atoms with Crippen molar-refractivity contribution < 1.29 is 4.79 Å². The molecule has 0 bridgehead atoms. The maximum atomic E-state index is 13.0. The highest BCUT2D eigenvalue weighted by atomic mass is 16.1. The average molecular weight is 412 g/mol. The summed E-state index contributed by atoms with van der Waals surface area (Å²) < 4.78 is 2.32. The van der Waals surface area contributed by atoms with E-state index in [1.54, 1.807) is 6.20 Å². The van der Waals surface area contributed by atoms with Crippen LogP contribution in [-0.2, 0) is 24.3 Å². The van der Waals surface area contributed by atoms with Crippen molar-refractivity contribution in [3.8, 4) is 0 Å². The summed E-state index contributed by atoms with van der Waals surface area (Å²) in [7, 11) is 0. The predicted molar refractivity (Wildman–Crippen MR) is 126 cm³/mol. The molecule has 0 aliphatic heterocycles. The number of hydrogen-bond acceptors (Lipinski definition) is 2. The molecular formula is C27H29N3O. The van der Waals surface area contributed by atoms with Crippen LogP contribution in [0.25, 0.3) is 10.9 Å². The molecule has 0 fully saturated rings. The van der Waals surface area contributed by atoms with Gasteiger partial charge in [-0.1, -0.05) is 61.5 Å². The number of para-hydroxylation sites is 1. The number of carbonyl (C=O) groups excluding carboxylic acids is 1.